The fourth-order valence-corrected chi connectivity index (χ4v) is 3.88. The van der Waals surface area contributed by atoms with Crippen LogP contribution in [0, 0.1) is 5.82 Å². The third-order valence-corrected chi connectivity index (χ3v) is 5.93. The van der Waals surface area contributed by atoms with Crippen LogP contribution >= 0.6 is 0 Å². The van der Waals surface area contributed by atoms with Crippen LogP contribution in [0.4, 0.5) is 4.39 Å². The van der Waals surface area contributed by atoms with Crippen molar-refractivity contribution in [2.75, 3.05) is 12.9 Å². The third-order valence-electron chi connectivity index (χ3n) is 4.31. The van der Waals surface area contributed by atoms with Crippen LogP contribution < -0.4 is 9.47 Å². The van der Waals surface area contributed by atoms with E-state index < -0.39 is 21.6 Å². The first kappa shape index (κ1) is 21.3. The van der Waals surface area contributed by atoms with Gasteiger partial charge in [0.2, 0.25) is 0 Å². The highest BCUT2D eigenvalue weighted by Gasteiger charge is 2.18. The van der Waals surface area contributed by atoms with E-state index in [9.17, 15) is 17.6 Å². The number of methoxy groups -OCH3 is 1. The molecule has 0 aliphatic carbocycles. The molecule has 0 saturated heterocycles. The van der Waals surface area contributed by atoms with Crippen LogP contribution in [-0.4, -0.2) is 32.4 Å². The number of hydrogen-bond donors (Lipinski definition) is 1. The number of benzene rings is 3. The summed E-state index contributed by atoms with van der Waals surface area (Å²) in [5.74, 6) is -1.79. The molecule has 30 heavy (non-hydrogen) atoms. The molecule has 0 saturated carbocycles. The van der Waals surface area contributed by atoms with Crippen molar-refractivity contribution in [1.29, 1.82) is 0 Å². The Kier molecular flexibility index (Phi) is 6.37. The van der Waals surface area contributed by atoms with Crippen molar-refractivity contribution >= 4 is 15.8 Å². The molecule has 0 aliphatic heterocycles. The molecule has 0 radical (unpaired) electrons. The molecule has 0 amide bonds. The zero-order chi connectivity index (χ0) is 21.7. The standard InChI is InChI=1S/C22H19FO6S/c1-28-18-7-10-21(23)20(12-18)16-4-2-3-15(11-16)13-29-17-5-8-19(9-6-17)30(26,27)14-22(24)25/h2-12H,13-14H2,1H3,(H,24,25). The smallest absolute Gasteiger partial charge is 0.319 e. The molecule has 0 spiro atoms. The molecule has 3 aromatic carbocycles. The van der Waals surface area contributed by atoms with Crippen molar-refractivity contribution in [3.63, 3.8) is 0 Å². The van der Waals surface area contributed by atoms with Crippen LogP contribution in [0.5, 0.6) is 11.5 Å². The van der Waals surface area contributed by atoms with Gasteiger partial charge in [-0.1, -0.05) is 18.2 Å². The Morgan fingerprint density at radius 3 is 2.37 bits per heavy atom. The van der Waals surface area contributed by atoms with Crippen molar-refractivity contribution < 1.29 is 32.2 Å². The van der Waals surface area contributed by atoms with Gasteiger partial charge in [0.25, 0.3) is 0 Å². The summed E-state index contributed by atoms with van der Waals surface area (Å²) in [6.45, 7) is 0.181. The minimum atomic E-state index is -3.89. The molecule has 3 aromatic rings. The quantitative estimate of drug-likeness (QED) is 0.582. The topological polar surface area (TPSA) is 89.9 Å². The molecule has 0 aromatic heterocycles. The van der Waals surface area contributed by atoms with Crippen LogP contribution in [0.15, 0.2) is 71.6 Å². The van der Waals surface area contributed by atoms with E-state index in [0.29, 0.717) is 22.6 Å². The van der Waals surface area contributed by atoms with Gasteiger partial charge in [0.05, 0.1) is 12.0 Å². The van der Waals surface area contributed by atoms with Gasteiger partial charge < -0.3 is 14.6 Å². The van der Waals surface area contributed by atoms with Gasteiger partial charge in [-0.2, -0.15) is 0 Å². The van der Waals surface area contributed by atoms with Crippen molar-refractivity contribution in [3.05, 3.63) is 78.1 Å². The average molecular weight is 430 g/mol. The van der Waals surface area contributed by atoms with Crippen LogP contribution in [0.2, 0.25) is 0 Å². The van der Waals surface area contributed by atoms with Gasteiger partial charge in [0.15, 0.2) is 15.6 Å². The van der Waals surface area contributed by atoms with Gasteiger partial charge in [-0.25, -0.2) is 12.8 Å². The monoisotopic (exact) mass is 430 g/mol. The highest BCUT2D eigenvalue weighted by atomic mass is 32.2. The fraction of sp³-hybridized carbons (Fsp3) is 0.136. The van der Waals surface area contributed by atoms with Crippen molar-refractivity contribution in [2.24, 2.45) is 0 Å². The summed E-state index contributed by atoms with van der Waals surface area (Å²) >= 11 is 0. The molecule has 0 aliphatic rings. The highest BCUT2D eigenvalue weighted by Crippen LogP contribution is 2.28. The van der Waals surface area contributed by atoms with E-state index in [0.717, 1.165) is 5.56 Å². The Bertz CT molecular complexity index is 1160. The molecule has 156 valence electrons. The maximum atomic E-state index is 14.2. The second-order valence-corrected chi connectivity index (χ2v) is 8.45. The van der Waals surface area contributed by atoms with Gasteiger partial charge >= 0.3 is 5.97 Å². The van der Waals surface area contributed by atoms with Crippen LogP contribution in [0.3, 0.4) is 0 Å². The molecular weight excluding hydrogens is 411 g/mol. The molecule has 6 nitrogen and oxygen atoms in total. The van der Waals surface area contributed by atoms with E-state index >= 15 is 0 Å². The summed E-state index contributed by atoms with van der Waals surface area (Å²) in [4.78, 5) is 10.6. The predicted octanol–water partition coefficient (Wildman–Crippen LogP) is 3.94. The lowest BCUT2D eigenvalue weighted by molar-refractivity contribution is -0.134. The van der Waals surface area contributed by atoms with Gasteiger partial charge in [-0.05, 0) is 59.7 Å². The largest absolute Gasteiger partial charge is 0.497 e. The molecule has 0 unspecified atom stereocenters. The van der Waals surface area contributed by atoms with Gasteiger partial charge in [-0.3, -0.25) is 4.79 Å². The van der Waals surface area contributed by atoms with Crippen molar-refractivity contribution in [3.8, 4) is 22.6 Å². The Morgan fingerprint density at radius 2 is 1.70 bits per heavy atom. The lowest BCUT2D eigenvalue weighted by atomic mass is 10.0. The summed E-state index contributed by atoms with van der Waals surface area (Å²) < 4.78 is 48.9. The summed E-state index contributed by atoms with van der Waals surface area (Å²) in [6, 6.07) is 17.2. The first-order chi connectivity index (χ1) is 14.3. The minimum absolute atomic E-state index is 0.0900. The number of carbonyl (C=O) groups is 1. The molecule has 0 bridgehead atoms. The minimum Gasteiger partial charge on any atom is -0.497 e. The summed E-state index contributed by atoms with van der Waals surface area (Å²) in [6.07, 6.45) is 0. The van der Waals surface area contributed by atoms with E-state index in [1.165, 1.54) is 37.4 Å². The number of carboxylic acid groups (broad SMARTS) is 1. The number of sulfone groups is 1. The summed E-state index contributed by atoms with van der Waals surface area (Å²) in [7, 11) is -2.38. The molecule has 0 heterocycles. The third kappa shape index (κ3) is 5.15. The lowest BCUT2D eigenvalue weighted by Gasteiger charge is -2.10. The first-order valence-corrected chi connectivity index (χ1v) is 10.5. The summed E-state index contributed by atoms with van der Waals surface area (Å²) in [5, 5.41) is 8.69. The predicted molar refractivity (Wildman–Crippen MR) is 109 cm³/mol. The molecule has 3 rings (SSSR count). The van der Waals surface area contributed by atoms with Gasteiger partial charge in [-0.15, -0.1) is 0 Å². The van der Waals surface area contributed by atoms with Gasteiger partial charge in [0.1, 0.15) is 23.9 Å². The second-order valence-electron chi connectivity index (χ2n) is 6.46. The van der Waals surface area contributed by atoms with Crippen LogP contribution in [0.1, 0.15) is 5.56 Å². The van der Waals surface area contributed by atoms with Crippen LogP contribution in [0.25, 0.3) is 11.1 Å². The number of aliphatic carboxylic acids is 1. The molecule has 0 atom stereocenters. The number of halogens is 1. The molecule has 0 fully saturated rings. The normalized spacial score (nSPS) is 11.1. The number of rotatable bonds is 8. The van der Waals surface area contributed by atoms with E-state index in [4.69, 9.17) is 14.6 Å². The van der Waals surface area contributed by atoms with E-state index in [1.807, 2.05) is 6.07 Å². The van der Waals surface area contributed by atoms with E-state index in [2.05, 4.69) is 0 Å². The Hall–Kier alpha value is -3.39. The average Bonchev–Trinajstić information content (AvgIpc) is 2.72. The Morgan fingerprint density at radius 1 is 1.00 bits per heavy atom. The Labute approximate surface area is 173 Å². The fourth-order valence-electron chi connectivity index (χ4n) is 2.84. The number of hydrogen-bond acceptors (Lipinski definition) is 5. The molecule has 8 heteroatoms. The van der Waals surface area contributed by atoms with Crippen molar-refractivity contribution in [2.45, 2.75) is 11.5 Å². The summed E-state index contributed by atoms with van der Waals surface area (Å²) in [5.41, 5.74) is 1.86. The maximum absolute atomic E-state index is 14.2. The zero-order valence-electron chi connectivity index (χ0n) is 16.0. The number of ether oxygens (including phenoxy) is 2. The van der Waals surface area contributed by atoms with Gasteiger partial charge in [0, 0.05) is 5.56 Å². The molecule has 1 N–H and O–H groups in total. The van der Waals surface area contributed by atoms with E-state index in [-0.39, 0.29) is 17.3 Å². The SMILES string of the molecule is COc1ccc(F)c(-c2cccc(COc3ccc(S(=O)(=O)CC(=O)O)cc3)c2)c1. The lowest BCUT2D eigenvalue weighted by Crippen LogP contribution is -2.15. The maximum Gasteiger partial charge on any atom is 0.319 e. The Balaban J connectivity index is 1.73. The van der Waals surface area contributed by atoms with E-state index in [1.54, 1.807) is 30.3 Å². The van der Waals surface area contributed by atoms with Crippen LogP contribution in [-0.2, 0) is 21.2 Å². The molecular formula is C22H19FO6S. The first-order valence-electron chi connectivity index (χ1n) is 8.89. The highest BCUT2D eigenvalue weighted by molar-refractivity contribution is 7.92. The zero-order valence-corrected chi connectivity index (χ0v) is 16.9. The second kappa shape index (κ2) is 8.96. The number of carboxylic acids is 1. The van der Waals surface area contributed by atoms with Crippen molar-refractivity contribution in [1.82, 2.24) is 0 Å².